The zero-order chi connectivity index (χ0) is 17.9. The summed E-state index contributed by atoms with van der Waals surface area (Å²) in [5.41, 5.74) is 1.56. The molecule has 1 amide bonds. The van der Waals surface area contributed by atoms with Gasteiger partial charge in [-0.05, 0) is 44.4 Å². The van der Waals surface area contributed by atoms with Gasteiger partial charge in [-0.2, -0.15) is 0 Å². The maximum atomic E-state index is 13.3. The molecule has 0 heterocycles. The lowest BCUT2D eigenvalue weighted by Gasteiger charge is -2.13. The second-order valence-corrected chi connectivity index (χ2v) is 5.83. The minimum atomic E-state index is -0.208. The minimum Gasteiger partial charge on any atom is -0.357 e. The van der Waals surface area contributed by atoms with E-state index in [1.807, 2.05) is 20.8 Å². The number of carbonyl (C=O) groups excluding carboxylic acids is 1. The number of hydrogen-bond donors (Lipinski definition) is 3. The van der Waals surface area contributed by atoms with Crippen LogP contribution in [0.2, 0.25) is 0 Å². The van der Waals surface area contributed by atoms with Gasteiger partial charge in [0.05, 0.1) is 6.54 Å². The lowest BCUT2D eigenvalue weighted by molar-refractivity contribution is -0.121. The first-order chi connectivity index (χ1) is 11.5. The molecule has 0 aromatic heterocycles. The first-order valence-electron chi connectivity index (χ1n) is 8.52. The molecule has 0 spiro atoms. The van der Waals surface area contributed by atoms with Gasteiger partial charge in [-0.3, -0.25) is 4.79 Å². The van der Waals surface area contributed by atoms with E-state index in [-0.39, 0.29) is 17.8 Å². The van der Waals surface area contributed by atoms with Crippen LogP contribution in [0.4, 0.5) is 4.39 Å². The van der Waals surface area contributed by atoms with E-state index in [1.54, 1.807) is 19.1 Å². The van der Waals surface area contributed by atoms with Gasteiger partial charge in [0, 0.05) is 25.6 Å². The highest BCUT2D eigenvalue weighted by Gasteiger charge is 2.06. The van der Waals surface area contributed by atoms with Crippen LogP contribution in [0.1, 0.15) is 44.7 Å². The van der Waals surface area contributed by atoms with Crippen molar-refractivity contribution in [2.45, 2.75) is 53.1 Å². The van der Waals surface area contributed by atoms with E-state index in [1.165, 1.54) is 6.07 Å². The Hall–Kier alpha value is -2.11. The van der Waals surface area contributed by atoms with Crippen LogP contribution in [-0.2, 0) is 11.3 Å². The maximum absolute atomic E-state index is 13.3. The van der Waals surface area contributed by atoms with Crippen LogP contribution in [0.3, 0.4) is 0 Å². The summed E-state index contributed by atoms with van der Waals surface area (Å²) in [6.07, 6.45) is 1.31. The highest BCUT2D eigenvalue weighted by atomic mass is 19.1. The Morgan fingerprint density at radius 3 is 2.67 bits per heavy atom. The van der Waals surface area contributed by atoms with Crippen molar-refractivity contribution in [3.63, 3.8) is 0 Å². The Morgan fingerprint density at radius 1 is 1.29 bits per heavy atom. The molecule has 1 rings (SSSR count). The van der Waals surface area contributed by atoms with Crippen LogP contribution in [-0.4, -0.2) is 31.0 Å². The van der Waals surface area contributed by atoms with Crippen LogP contribution in [0.15, 0.2) is 23.2 Å². The van der Waals surface area contributed by atoms with Crippen LogP contribution in [0.5, 0.6) is 0 Å². The summed E-state index contributed by atoms with van der Waals surface area (Å²) in [7, 11) is 0. The van der Waals surface area contributed by atoms with Crippen molar-refractivity contribution >= 4 is 11.9 Å². The Labute approximate surface area is 144 Å². The number of hydrogen-bond acceptors (Lipinski definition) is 2. The standard InChI is InChI=1S/C18H29FN4O/c1-5-14(4)23-17(24)9-10-21-18(20-6-2)22-12-15-7-8-16(19)13(3)11-15/h7-8,11,14H,5-6,9-10,12H2,1-4H3,(H,23,24)(H2,20,21,22). The third-order valence-electron chi connectivity index (χ3n) is 3.65. The van der Waals surface area contributed by atoms with Crippen LogP contribution < -0.4 is 16.0 Å². The molecule has 24 heavy (non-hydrogen) atoms. The van der Waals surface area contributed by atoms with Gasteiger partial charge in [0.1, 0.15) is 5.82 Å². The fraction of sp³-hybridized carbons (Fsp3) is 0.556. The molecule has 0 aliphatic heterocycles. The van der Waals surface area contributed by atoms with Gasteiger partial charge in [0.2, 0.25) is 5.91 Å². The molecule has 5 nitrogen and oxygen atoms in total. The minimum absolute atomic E-state index is 0.0295. The third-order valence-corrected chi connectivity index (χ3v) is 3.65. The summed E-state index contributed by atoms with van der Waals surface area (Å²) in [6, 6.07) is 5.18. The molecule has 1 aromatic carbocycles. The average Bonchev–Trinajstić information content (AvgIpc) is 2.55. The summed E-state index contributed by atoms with van der Waals surface area (Å²) in [6.45, 7) is 9.44. The van der Waals surface area contributed by atoms with Crippen molar-refractivity contribution in [2.75, 3.05) is 13.1 Å². The monoisotopic (exact) mass is 336 g/mol. The quantitative estimate of drug-likeness (QED) is 0.505. The van der Waals surface area contributed by atoms with Gasteiger partial charge < -0.3 is 16.0 Å². The lowest BCUT2D eigenvalue weighted by atomic mass is 10.1. The molecule has 0 aliphatic rings. The number of benzene rings is 1. The van der Waals surface area contributed by atoms with Gasteiger partial charge in [-0.1, -0.05) is 19.1 Å². The molecule has 0 bridgehead atoms. The van der Waals surface area contributed by atoms with Crippen LogP contribution in [0, 0.1) is 12.7 Å². The first-order valence-corrected chi connectivity index (χ1v) is 8.52. The van der Waals surface area contributed by atoms with E-state index in [0.29, 0.717) is 31.0 Å². The largest absolute Gasteiger partial charge is 0.357 e. The lowest BCUT2D eigenvalue weighted by Crippen LogP contribution is -2.40. The zero-order valence-corrected chi connectivity index (χ0v) is 15.1. The molecule has 0 aliphatic carbocycles. The maximum Gasteiger partial charge on any atom is 0.221 e. The van der Waals surface area contributed by atoms with E-state index < -0.39 is 0 Å². The molecular formula is C18H29FN4O. The predicted molar refractivity (Wildman–Crippen MR) is 96.5 cm³/mol. The third kappa shape index (κ3) is 7.44. The number of aliphatic imine (C=N–C) groups is 1. The molecule has 0 fully saturated rings. The Bertz CT molecular complexity index is 560. The average molecular weight is 336 g/mol. The fourth-order valence-electron chi connectivity index (χ4n) is 2.06. The van der Waals surface area contributed by atoms with Crippen molar-refractivity contribution < 1.29 is 9.18 Å². The molecule has 1 unspecified atom stereocenters. The van der Waals surface area contributed by atoms with E-state index in [4.69, 9.17) is 0 Å². The molecule has 134 valence electrons. The van der Waals surface area contributed by atoms with Crippen molar-refractivity contribution in [3.8, 4) is 0 Å². The predicted octanol–water partition coefficient (Wildman–Crippen LogP) is 2.49. The van der Waals surface area contributed by atoms with Gasteiger partial charge in [-0.15, -0.1) is 0 Å². The van der Waals surface area contributed by atoms with Gasteiger partial charge >= 0.3 is 0 Å². The zero-order valence-electron chi connectivity index (χ0n) is 15.1. The molecule has 6 heteroatoms. The normalized spacial score (nSPS) is 12.6. The fourth-order valence-corrected chi connectivity index (χ4v) is 2.06. The smallest absolute Gasteiger partial charge is 0.221 e. The first kappa shape index (κ1) is 19.9. The Balaban J connectivity index is 2.50. The van der Waals surface area contributed by atoms with Gasteiger partial charge in [0.15, 0.2) is 5.96 Å². The number of nitrogens with one attached hydrogen (secondary N) is 3. The van der Waals surface area contributed by atoms with Crippen molar-refractivity contribution in [3.05, 3.63) is 35.1 Å². The van der Waals surface area contributed by atoms with Gasteiger partial charge in [0.25, 0.3) is 0 Å². The summed E-state index contributed by atoms with van der Waals surface area (Å²) in [5.74, 6) is 0.470. The van der Waals surface area contributed by atoms with Crippen molar-refractivity contribution in [1.29, 1.82) is 0 Å². The molecule has 0 saturated carbocycles. The number of halogens is 1. The number of guanidine groups is 1. The molecular weight excluding hydrogens is 307 g/mol. The number of aryl methyl sites for hydroxylation is 1. The Morgan fingerprint density at radius 2 is 2.04 bits per heavy atom. The number of rotatable bonds is 8. The second-order valence-electron chi connectivity index (χ2n) is 5.83. The number of amides is 1. The van der Waals surface area contributed by atoms with Crippen LogP contribution >= 0.6 is 0 Å². The molecule has 1 atom stereocenters. The van der Waals surface area contributed by atoms with Crippen LogP contribution in [0.25, 0.3) is 0 Å². The van der Waals surface area contributed by atoms with E-state index >= 15 is 0 Å². The SMILES string of the molecule is CCNC(=NCc1ccc(F)c(C)c1)NCCC(=O)NC(C)CC. The summed E-state index contributed by atoms with van der Waals surface area (Å²) < 4.78 is 13.3. The van der Waals surface area contributed by atoms with E-state index in [9.17, 15) is 9.18 Å². The van der Waals surface area contributed by atoms with E-state index in [0.717, 1.165) is 18.5 Å². The number of carbonyl (C=O) groups is 1. The van der Waals surface area contributed by atoms with Crippen molar-refractivity contribution in [2.24, 2.45) is 4.99 Å². The molecule has 1 aromatic rings. The number of nitrogens with zero attached hydrogens (tertiary/aromatic N) is 1. The van der Waals surface area contributed by atoms with E-state index in [2.05, 4.69) is 20.9 Å². The highest BCUT2D eigenvalue weighted by Crippen LogP contribution is 2.09. The summed E-state index contributed by atoms with van der Waals surface area (Å²) in [5, 5.41) is 9.21. The second kappa shape index (κ2) is 10.6. The van der Waals surface area contributed by atoms with Crippen molar-refractivity contribution in [1.82, 2.24) is 16.0 Å². The molecule has 0 saturated heterocycles. The topological polar surface area (TPSA) is 65.5 Å². The van der Waals surface area contributed by atoms with Gasteiger partial charge in [-0.25, -0.2) is 9.38 Å². The summed E-state index contributed by atoms with van der Waals surface area (Å²) in [4.78, 5) is 16.2. The Kier molecular flexibility index (Phi) is 8.83. The molecule has 0 radical (unpaired) electrons. The summed E-state index contributed by atoms with van der Waals surface area (Å²) >= 11 is 0. The highest BCUT2D eigenvalue weighted by molar-refractivity contribution is 5.81. The molecule has 3 N–H and O–H groups in total.